The van der Waals surface area contributed by atoms with E-state index in [2.05, 4.69) is 67.7 Å². The van der Waals surface area contributed by atoms with Crippen LogP contribution in [-0.4, -0.2) is 18.2 Å². The van der Waals surface area contributed by atoms with Crippen LogP contribution in [0.1, 0.15) is 45.7 Å². The summed E-state index contributed by atoms with van der Waals surface area (Å²) in [5.41, 5.74) is 1.04. The van der Waals surface area contributed by atoms with Crippen LogP contribution in [0.25, 0.3) is 0 Å². The highest BCUT2D eigenvalue weighted by atomic mass is 127. The molecule has 1 heterocycles. The van der Waals surface area contributed by atoms with E-state index in [4.69, 9.17) is 16.3 Å². The summed E-state index contributed by atoms with van der Waals surface area (Å²) in [5, 5.41) is 4.27. The van der Waals surface area contributed by atoms with Gasteiger partial charge in [-0.25, -0.2) is 0 Å². The Morgan fingerprint density at radius 3 is 2.50 bits per heavy atom. The first-order valence-electron chi connectivity index (χ1n) is 6.99. The van der Waals surface area contributed by atoms with Crippen molar-refractivity contribution in [3.05, 3.63) is 32.4 Å². The number of nitrogens with one attached hydrogen (secondary N) is 1. The maximum Gasteiger partial charge on any atom is 0.0681 e. The number of benzene rings is 1. The van der Waals surface area contributed by atoms with E-state index in [0.717, 1.165) is 11.4 Å². The van der Waals surface area contributed by atoms with E-state index in [1.54, 1.807) is 0 Å². The third kappa shape index (κ3) is 3.32. The molecule has 4 heteroatoms. The smallest absolute Gasteiger partial charge is 0.0681 e. The molecule has 1 aliphatic heterocycles. The second-order valence-corrected chi connectivity index (χ2v) is 8.31. The Labute approximate surface area is 140 Å². The Balaban J connectivity index is 2.40. The first kappa shape index (κ1) is 16.5. The van der Waals surface area contributed by atoms with Gasteiger partial charge in [-0.3, -0.25) is 0 Å². The highest BCUT2D eigenvalue weighted by molar-refractivity contribution is 14.1. The number of hydrogen-bond acceptors (Lipinski definition) is 2. The van der Waals surface area contributed by atoms with Gasteiger partial charge in [0.05, 0.1) is 11.2 Å². The average molecular weight is 408 g/mol. The predicted molar refractivity (Wildman–Crippen MR) is 93.3 cm³/mol. The molecule has 0 saturated carbocycles. The van der Waals surface area contributed by atoms with E-state index in [1.165, 1.54) is 9.13 Å². The van der Waals surface area contributed by atoms with Crippen molar-refractivity contribution >= 4 is 34.2 Å². The SMILES string of the molecule is CNC(c1cc(Cl)ccc1I)C1CC(C)(C)OC1(C)C. The highest BCUT2D eigenvalue weighted by Gasteiger charge is 2.49. The number of rotatable bonds is 3. The van der Waals surface area contributed by atoms with Crippen LogP contribution in [0.3, 0.4) is 0 Å². The summed E-state index contributed by atoms with van der Waals surface area (Å²) in [5.74, 6) is 0.412. The molecule has 0 aromatic heterocycles. The molecule has 2 nitrogen and oxygen atoms in total. The van der Waals surface area contributed by atoms with Crippen molar-refractivity contribution in [2.24, 2.45) is 5.92 Å². The molecular formula is C16H23ClINO. The molecule has 20 heavy (non-hydrogen) atoms. The lowest BCUT2D eigenvalue weighted by Gasteiger charge is -2.33. The summed E-state index contributed by atoms with van der Waals surface area (Å²) in [7, 11) is 2.02. The molecule has 2 rings (SSSR count). The summed E-state index contributed by atoms with van der Waals surface area (Å²) in [6.45, 7) is 8.72. The Morgan fingerprint density at radius 2 is 2.00 bits per heavy atom. The summed E-state index contributed by atoms with van der Waals surface area (Å²) in [6, 6.07) is 6.35. The lowest BCUT2D eigenvalue weighted by Crippen LogP contribution is -2.37. The van der Waals surface area contributed by atoms with Crippen LogP contribution in [0.5, 0.6) is 0 Å². The maximum atomic E-state index is 6.25. The molecule has 2 atom stereocenters. The number of ether oxygens (including phenoxy) is 1. The zero-order chi connectivity index (χ0) is 15.1. The van der Waals surface area contributed by atoms with Gasteiger partial charge in [0.1, 0.15) is 0 Å². The van der Waals surface area contributed by atoms with Gasteiger partial charge in [-0.2, -0.15) is 0 Å². The first-order chi connectivity index (χ1) is 9.16. The topological polar surface area (TPSA) is 21.3 Å². The highest BCUT2D eigenvalue weighted by Crippen LogP contribution is 2.48. The van der Waals surface area contributed by atoms with Crippen molar-refractivity contribution in [2.75, 3.05) is 7.05 Å². The molecule has 1 aromatic carbocycles. The fourth-order valence-electron chi connectivity index (χ4n) is 3.45. The maximum absolute atomic E-state index is 6.25. The van der Waals surface area contributed by atoms with Crippen LogP contribution in [0.4, 0.5) is 0 Å². The van der Waals surface area contributed by atoms with E-state index in [1.807, 2.05) is 13.1 Å². The van der Waals surface area contributed by atoms with Gasteiger partial charge in [-0.05, 0) is 87.5 Å². The Morgan fingerprint density at radius 1 is 1.35 bits per heavy atom. The third-order valence-electron chi connectivity index (χ3n) is 4.15. The first-order valence-corrected chi connectivity index (χ1v) is 8.44. The second kappa shape index (κ2) is 5.75. The molecule has 0 bridgehead atoms. The molecule has 1 saturated heterocycles. The quantitative estimate of drug-likeness (QED) is 0.727. The van der Waals surface area contributed by atoms with Gasteiger partial charge in [0.2, 0.25) is 0 Å². The molecule has 0 amide bonds. The summed E-state index contributed by atoms with van der Waals surface area (Å²) in [6.07, 6.45) is 1.04. The zero-order valence-corrected chi connectivity index (χ0v) is 15.7. The monoisotopic (exact) mass is 407 g/mol. The Bertz CT molecular complexity index is 501. The van der Waals surface area contributed by atoms with Crippen molar-refractivity contribution in [3.63, 3.8) is 0 Å². The third-order valence-corrected chi connectivity index (χ3v) is 5.37. The molecule has 0 spiro atoms. The van der Waals surface area contributed by atoms with Gasteiger partial charge < -0.3 is 10.1 Å². The molecule has 1 N–H and O–H groups in total. The van der Waals surface area contributed by atoms with Crippen molar-refractivity contribution in [3.8, 4) is 0 Å². The molecule has 1 fully saturated rings. The summed E-state index contributed by atoms with van der Waals surface area (Å²) < 4.78 is 7.49. The Kier molecular flexibility index (Phi) is 4.75. The minimum absolute atomic E-state index is 0.0761. The van der Waals surface area contributed by atoms with Gasteiger partial charge in [-0.1, -0.05) is 11.6 Å². The molecule has 0 aliphatic carbocycles. The minimum Gasteiger partial charge on any atom is -0.369 e. The van der Waals surface area contributed by atoms with Crippen LogP contribution in [0.2, 0.25) is 5.02 Å². The van der Waals surface area contributed by atoms with Crippen LogP contribution in [0, 0.1) is 9.49 Å². The van der Waals surface area contributed by atoms with Gasteiger partial charge in [0.25, 0.3) is 0 Å². The summed E-state index contributed by atoms with van der Waals surface area (Å²) >= 11 is 8.57. The molecule has 0 radical (unpaired) electrons. The standard InChI is InChI=1S/C16H23ClINO/c1-15(2)9-12(16(3,4)20-15)14(19-5)11-8-10(17)6-7-13(11)18/h6-8,12,14,19H,9H2,1-5H3. The van der Waals surface area contributed by atoms with E-state index in [-0.39, 0.29) is 17.2 Å². The lowest BCUT2D eigenvalue weighted by molar-refractivity contribution is -0.0777. The second-order valence-electron chi connectivity index (χ2n) is 6.71. The molecule has 1 aromatic rings. The predicted octanol–water partition coefficient (Wildman–Crippen LogP) is 4.80. The number of hydrogen-bond donors (Lipinski definition) is 1. The van der Waals surface area contributed by atoms with Crippen molar-refractivity contribution in [1.29, 1.82) is 0 Å². The lowest BCUT2D eigenvalue weighted by atomic mass is 9.79. The fourth-order valence-corrected chi connectivity index (χ4v) is 4.30. The van der Waals surface area contributed by atoms with Crippen molar-refractivity contribution < 1.29 is 4.74 Å². The molecular weight excluding hydrogens is 385 g/mol. The van der Waals surface area contributed by atoms with Crippen LogP contribution < -0.4 is 5.32 Å². The zero-order valence-electron chi connectivity index (χ0n) is 12.8. The largest absolute Gasteiger partial charge is 0.369 e. The van der Waals surface area contributed by atoms with E-state index in [0.29, 0.717) is 5.92 Å². The summed E-state index contributed by atoms with van der Waals surface area (Å²) in [4.78, 5) is 0. The normalized spacial score (nSPS) is 25.6. The van der Waals surface area contributed by atoms with E-state index in [9.17, 15) is 0 Å². The van der Waals surface area contributed by atoms with Gasteiger partial charge in [0.15, 0.2) is 0 Å². The van der Waals surface area contributed by atoms with E-state index >= 15 is 0 Å². The van der Waals surface area contributed by atoms with Crippen molar-refractivity contribution in [1.82, 2.24) is 5.32 Å². The van der Waals surface area contributed by atoms with Gasteiger partial charge >= 0.3 is 0 Å². The fraction of sp³-hybridized carbons (Fsp3) is 0.625. The van der Waals surface area contributed by atoms with E-state index < -0.39 is 0 Å². The van der Waals surface area contributed by atoms with Crippen LogP contribution in [0.15, 0.2) is 18.2 Å². The van der Waals surface area contributed by atoms with Crippen LogP contribution in [-0.2, 0) is 4.74 Å². The molecule has 1 aliphatic rings. The van der Waals surface area contributed by atoms with Crippen LogP contribution >= 0.6 is 34.2 Å². The van der Waals surface area contributed by atoms with Gasteiger partial charge in [-0.15, -0.1) is 0 Å². The number of halogens is 2. The molecule has 2 unspecified atom stereocenters. The average Bonchev–Trinajstić information content (AvgIpc) is 2.53. The minimum atomic E-state index is -0.150. The molecule has 112 valence electrons. The van der Waals surface area contributed by atoms with Gasteiger partial charge in [0, 0.05) is 20.6 Å². The van der Waals surface area contributed by atoms with Crippen molar-refractivity contribution in [2.45, 2.75) is 51.4 Å². The Hall–Kier alpha value is 0.160.